The highest BCUT2D eigenvalue weighted by molar-refractivity contribution is 7.17. The molecular weight excluding hydrogens is 322 g/mol. The fourth-order valence-corrected chi connectivity index (χ4v) is 4.57. The number of morpholine rings is 1. The van der Waals surface area contributed by atoms with Crippen LogP contribution in [0.3, 0.4) is 0 Å². The van der Waals surface area contributed by atoms with Gasteiger partial charge in [0.2, 0.25) is 0 Å². The number of rotatable bonds is 3. The van der Waals surface area contributed by atoms with E-state index in [1.165, 1.54) is 15.6 Å². The van der Waals surface area contributed by atoms with Gasteiger partial charge in [0.25, 0.3) is 0 Å². The molecule has 1 atom stereocenters. The number of piperazine rings is 1. The average molecular weight is 345 g/mol. The number of nitrogens with one attached hydrogen (secondary N) is 1. The number of carbonyl (C=O) groups is 1. The van der Waals surface area contributed by atoms with Gasteiger partial charge < -0.3 is 15.0 Å². The molecule has 2 fully saturated rings. The van der Waals surface area contributed by atoms with Crippen LogP contribution in [0.25, 0.3) is 10.1 Å². The van der Waals surface area contributed by atoms with Crippen molar-refractivity contribution >= 4 is 27.5 Å². The quantitative estimate of drug-likeness (QED) is 0.927. The van der Waals surface area contributed by atoms with E-state index in [9.17, 15) is 4.79 Å². The maximum atomic E-state index is 12.4. The first kappa shape index (κ1) is 15.9. The van der Waals surface area contributed by atoms with E-state index in [2.05, 4.69) is 39.9 Å². The lowest BCUT2D eigenvalue weighted by Crippen LogP contribution is -2.60. The molecule has 0 unspecified atom stereocenters. The second kappa shape index (κ2) is 7.09. The zero-order valence-corrected chi connectivity index (χ0v) is 14.6. The monoisotopic (exact) mass is 345 g/mol. The highest BCUT2D eigenvalue weighted by Crippen LogP contribution is 2.25. The van der Waals surface area contributed by atoms with Crippen molar-refractivity contribution in [3.63, 3.8) is 0 Å². The van der Waals surface area contributed by atoms with Gasteiger partial charge in [-0.3, -0.25) is 4.90 Å². The van der Waals surface area contributed by atoms with Crippen LogP contribution in [0.5, 0.6) is 0 Å². The molecule has 24 heavy (non-hydrogen) atoms. The van der Waals surface area contributed by atoms with Crippen molar-refractivity contribution in [1.82, 2.24) is 15.1 Å². The molecule has 0 spiro atoms. The third kappa shape index (κ3) is 3.27. The summed E-state index contributed by atoms with van der Waals surface area (Å²) in [6.45, 7) is 5.77. The van der Waals surface area contributed by atoms with Crippen molar-refractivity contribution in [2.75, 3.05) is 45.9 Å². The SMILES string of the molecule is O=C(NCCc1csc2ccccc12)N1CCN2CCOC[C@@H]2C1. The van der Waals surface area contributed by atoms with Gasteiger partial charge in [0.1, 0.15) is 0 Å². The molecule has 3 heterocycles. The molecule has 0 aliphatic carbocycles. The molecule has 2 aromatic rings. The van der Waals surface area contributed by atoms with E-state index in [0.717, 1.165) is 45.8 Å². The Kier molecular flexibility index (Phi) is 4.69. The fraction of sp³-hybridized carbons (Fsp3) is 0.500. The standard InChI is InChI=1S/C18H23N3O2S/c22-18(21-8-7-20-9-10-23-12-15(20)11-21)19-6-5-14-13-24-17-4-2-1-3-16(14)17/h1-4,13,15H,5-12H2,(H,19,22)/t15-/m0/s1. The smallest absolute Gasteiger partial charge is 0.317 e. The Bertz CT molecular complexity index is 717. The lowest BCUT2D eigenvalue weighted by molar-refractivity contribution is -0.0364. The summed E-state index contributed by atoms with van der Waals surface area (Å²) in [6, 6.07) is 8.86. The number of thiophene rings is 1. The molecule has 2 aliphatic rings. The van der Waals surface area contributed by atoms with Crippen molar-refractivity contribution < 1.29 is 9.53 Å². The molecule has 0 saturated carbocycles. The van der Waals surface area contributed by atoms with Gasteiger partial charge in [-0.2, -0.15) is 0 Å². The summed E-state index contributed by atoms with van der Waals surface area (Å²) < 4.78 is 6.85. The fourth-order valence-electron chi connectivity index (χ4n) is 3.57. The molecule has 4 rings (SSSR count). The Hall–Kier alpha value is -1.63. The summed E-state index contributed by atoms with van der Waals surface area (Å²) in [4.78, 5) is 16.8. The average Bonchev–Trinajstić information content (AvgIpc) is 3.04. The van der Waals surface area contributed by atoms with Crippen LogP contribution in [0.1, 0.15) is 5.56 Å². The molecule has 1 N–H and O–H groups in total. The van der Waals surface area contributed by atoms with Gasteiger partial charge in [0, 0.05) is 37.4 Å². The molecule has 5 nitrogen and oxygen atoms in total. The van der Waals surface area contributed by atoms with Crippen molar-refractivity contribution in [2.24, 2.45) is 0 Å². The number of urea groups is 1. The van der Waals surface area contributed by atoms with Crippen LogP contribution in [-0.2, 0) is 11.2 Å². The first-order valence-electron chi connectivity index (χ1n) is 8.61. The largest absolute Gasteiger partial charge is 0.378 e. The van der Waals surface area contributed by atoms with Crippen molar-refractivity contribution in [2.45, 2.75) is 12.5 Å². The number of fused-ring (bicyclic) bond motifs is 2. The van der Waals surface area contributed by atoms with Crippen LogP contribution in [0.4, 0.5) is 4.79 Å². The number of nitrogens with zero attached hydrogens (tertiary/aromatic N) is 2. The molecule has 6 heteroatoms. The number of hydrogen-bond donors (Lipinski definition) is 1. The van der Waals surface area contributed by atoms with Crippen LogP contribution < -0.4 is 5.32 Å². The molecule has 0 radical (unpaired) electrons. The van der Waals surface area contributed by atoms with E-state index >= 15 is 0 Å². The van der Waals surface area contributed by atoms with E-state index in [-0.39, 0.29) is 6.03 Å². The topological polar surface area (TPSA) is 44.8 Å². The molecule has 2 saturated heterocycles. The second-order valence-corrected chi connectivity index (χ2v) is 7.36. The lowest BCUT2D eigenvalue weighted by atomic mass is 10.1. The number of amides is 2. The third-order valence-corrected chi connectivity index (χ3v) is 5.97. The predicted molar refractivity (Wildman–Crippen MR) is 96.7 cm³/mol. The normalized spacial score (nSPS) is 21.7. The summed E-state index contributed by atoms with van der Waals surface area (Å²) in [5.74, 6) is 0. The minimum absolute atomic E-state index is 0.0553. The minimum Gasteiger partial charge on any atom is -0.378 e. The Morgan fingerprint density at radius 3 is 3.17 bits per heavy atom. The second-order valence-electron chi connectivity index (χ2n) is 6.45. The highest BCUT2D eigenvalue weighted by atomic mass is 32.1. The van der Waals surface area contributed by atoms with Crippen molar-refractivity contribution in [3.8, 4) is 0 Å². The van der Waals surface area contributed by atoms with Gasteiger partial charge in [0.05, 0.1) is 19.3 Å². The third-order valence-electron chi connectivity index (χ3n) is 4.96. The Morgan fingerprint density at radius 1 is 1.29 bits per heavy atom. The first-order chi connectivity index (χ1) is 11.8. The van der Waals surface area contributed by atoms with E-state index in [1.54, 1.807) is 11.3 Å². The summed E-state index contributed by atoms with van der Waals surface area (Å²) in [5, 5.41) is 6.60. The van der Waals surface area contributed by atoms with Crippen molar-refractivity contribution in [3.05, 3.63) is 35.2 Å². The summed E-state index contributed by atoms with van der Waals surface area (Å²) in [7, 11) is 0. The van der Waals surface area contributed by atoms with Gasteiger partial charge in [-0.15, -0.1) is 11.3 Å². The Morgan fingerprint density at radius 2 is 2.21 bits per heavy atom. The highest BCUT2D eigenvalue weighted by Gasteiger charge is 2.31. The van der Waals surface area contributed by atoms with Crippen molar-refractivity contribution in [1.29, 1.82) is 0 Å². The lowest BCUT2D eigenvalue weighted by Gasteiger charge is -2.43. The molecule has 1 aromatic carbocycles. The maximum Gasteiger partial charge on any atom is 0.317 e. The maximum absolute atomic E-state index is 12.4. The zero-order chi connectivity index (χ0) is 16.4. The summed E-state index contributed by atoms with van der Waals surface area (Å²) in [5.41, 5.74) is 1.32. The number of carbonyl (C=O) groups excluding carboxylic acids is 1. The van der Waals surface area contributed by atoms with Crippen LogP contribution in [0.15, 0.2) is 29.6 Å². The predicted octanol–water partition coefficient (Wildman–Crippen LogP) is 2.17. The van der Waals surface area contributed by atoms with Crippen LogP contribution in [-0.4, -0.2) is 67.8 Å². The number of ether oxygens (including phenoxy) is 1. The van der Waals surface area contributed by atoms with Gasteiger partial charge >= 0.3 is 6.03 Å². The van der Waals surface area contributed by atoms with Gasteiger partial charge in [0.15, 0.2) is 0 Å². The van der Waals surface area contributed by atoms with E-state index in [0.29, 0.717) is 12.6 Å². The first-order valence-corrected chi connectivity index (χ1v) is 9.49. The summed E-state index contributed by atoms with van der Waals surface area (Å²) >= 11 is 1.77. The summed E-state index contributed by atoms with van der Waals surface area (Å²) in [6.07, 6.45) is 0.877. The van der Waals surface area contributed by atoms with Crippen LogP contribution in [0.2, 0.25) is 0 Å². The molecule has 1 aromatic heterocycles. The van der Waals surface area contributed by atoms with Crippen LogP contribution in [0, 0.1) is 0 Å². The van der Waals surface area contributed by atoms with Gasteiger partial charge in [-0.1, -0.05) is 18.2 Å². The Balaban J connectivity index is 1.29. The van der Waals surface area contributed by atoms with Gasteiger partial charge in [-0.05, 0) is 28.8 Å². The van der Waals surface area contributed by atoms with Gasteiger partial charge in [-0.25, -0.2) is 4.79 Å². The molecular formula is C18H23N3O2S. The van der Waals surface area contributed by atoms with E-state index in [4.69, 9.17) is 4.74 Å². The molecule has 0 bridgehead atoms. The van der Waals surface area contributed by atoms with Crippen LogP contribution >= 0.6 is 11.3 Å². The molecule has 128 valence electrons. The number of benzene rings is 1. The van der Waals surface area contributed by atoms with E-state index < -0.39 is 0 Å². The minimum atomic E-state index is 0.0553. The zero-order valence-electron chi connectivity index (χ0n) is 13.7. The molecule has 2 aliphatic heterocycles. The number of hydrogen-bond acceptors (Lipinski definition) is 4. The van der Waals surface area contributed by atoms with E-state index in [1.807, 2.05) is 4.90 Å². The Labute approximate surface area is 146 Å². The molecule has 2 amide bonds.